The molecule has 0 unspecified atom stereocenters. The van der Waals surface area contributed by atoms with Crippen LogP contribution in [-0.4, -0.2) is 60.4 Å². The van der Waals surface area contributed by atoms with Gasteiger partial charge in [0.05, 0.1) is 18.9 Å². The molecule has 0 atom stereocenters. The molecule has 1 aliphatic heterocycles. The molecule has 0 radical (unpaired) electrons. The number of piperazine rings is 1. The third-order valence-corrected chi connectivity index (χ3v) is 5.49. The van der Waals surface area contributed by atoms with Crippen molar-refractivity contribution in [2.45, 2.75) is 33.1 Å². The van der Waals surface area contributed by atoms with Gasteiger partial charge in [-0.15, -0.1) is 5.10 Å². The van der Waals surface area contributed by atoms with Crippen LogP contribution in [0.1, 0.15) is 41.9 Å². The normalized spacial score (nSPS) is 15.9. The minimum atomic E-state index is 0.0219. The molecule has 0 saturated carbocycles. The van der Waals surface area contributed by atoms with Gasteiger partial charge in [-0.1, -0.05) is 0 Å². The van der Waals surface area contributed by atoms with Crippen LogP contribution in [0.3, 0.4) is 0 Å². The number of rotatable bonds is 6. The maximum atomic E-state index is 13.0. The molecule has 1 fully saturated rings. The van der Waals surface area contributed by atoms with Crippen LogP contribution < -0.4 is 14.4 Å². The van der Waals surface area contributed by atoms with E-state index in [1.54, 1.807) is 6.07 Å². The summed E-state index contributed by atoms with van der Waals surface area (Å²) in [4.78, 5) is 17.1. The maximum Gasteiger partial charge on any atom is 0.254 e. The van der Waals surface area contributed by atoms with Crippen molar-refractivity contribution in [3.8, 4) is 11.5 Å². The van der Waals surface area contributed by atoms with Crippen molar-refractivity contribution in [2.75, 3.05) is 44.3 Å². The number of benzene rings is 1. The lowest BCUT2D eigenvalue weighted by Crippen LogP contribution is -2.49. The third-order valence-electron chi connectivity index (χ3n) is 5.49. The Morgan fingerprint density at radius 1 is 0.966 bits per heavy atom. The summed E-state index contributed by atoms with van der Waals surface area (Å²) >= 11 is 0. The van der Waals surface area contributed by atoms with E-state index in [4.69, 9.17) is 9.47 Å². The van der Waals surface area contributed by atoms with Crippen LogP contribution in [0.15, 0.2) is 24.3 Å². The minimum Gasteiger partial charge on any atom is -0.490 e. The Kier molecular flexibility index (Phi) is 5.83. The second-order valence-corrected chi connectivity index (χ2v) is 7.33. The van der Waals surface area contributed by atoms with Gasteiger partial charge in [0, 0.05) is 31.7 Å². The molecule has 7 heteroatoms. The van der Waals surface area contributed by atoms with Crippen molar-refractivity contribution in [2.24, 2.45) is 0 Å². The van der Waals surface area contributed by atoms with Crippen LogP contribution >= 0.6 is 0 Å². The average molecular weight is 396 g/mol. The molecule has 2 heterocycles. The van der Waals surface area contributed by atoms with Gasteiger partial charge in [0.15, 0.2) is 17.3 Å². The lowest BCUT2D eigenvalue weighted by Gasteiger charge is -2.35. The lowest BCUT2D eigenvalue weighted by molar-refractivity contribution is 0.0746. The molecule has 2 aliphatic rings. The molecule has 0 N–H and O–H groups in total. The van der Waals surface area contributed by atoms with Crippen molar-refractivity contribution < 1.29 is 14.3 Å². The first kappa shape index (κ1) is 19.5. The van der Waals surface area contributed by atoms with Crippen molar-refractivity contribution in [1.29, 1.82) is 0 Å². The SMILES string of the molecule is CCOc1ccc(C(=O)N2CCN(c3cc4c(nn3)CCC4)CC2)cc1OCC. The highest BCUT2D eigenvalue weighted by atomic mass is 16.5. The summed E-state index contributed by atoms with van der Waals surface area (Å²) in [7, 11) is 0. The number of anilines is 1. The number of hydrogen-bond acceptors (Lipinski definition) is 6. The number of fused-ring (bicyclic) bond motifs is 1. The van der Waals surface area contributed by atoms with Crippen molar-refractivity contribution in [3.05, 3.63) is 41.1 Å². The van der Waals surface area contributed by atoms with E-state index in [-0.39, 0.29) is 5.91 Å². The third kappa shape index (κ3) is 4.13. The largest absolute Gasteiger partial charge is 0.490 e. The summed E-state index contributed by atoms with van der Waals surface area (Å²) in [5.41, 5.74) is 3.09. The van der Waals surface area contributed by atoms with Crippen LogP contribution in [-0.2, 0) is 12.8 Å². The first-order valence-electron chi connectivity index (χ1n) is 10.5. The Hall–Kier alpha value is -2.83. The zero-order valence-corrected chi connectivity index (χ0v) is 17.2. The fraction of sp³-hybridized carbons (Fsp3) is 0.500. The number of ether oxygens (including phenoxy) is 2. The molecule has 29 heavy (non-hydrogen) atoms. The van der Waals surface area contributed by atoms with Gasteiger partial charge in [0.25, 0.3) is 5.91 Å². The predicted octanol–water partition coefficient (Wildman–Crippen LogP) is 2.73. The molecule has 1 aromatic heterocycles. The predicted molar refractivity (Wildman–Crippen MR) is 111 cm³/mol. The van der Waals surface area contributed by atoms with E-state index in [1.807, 2.05) is 30.9 Å². The molecule has 1 saturated heterocycles. The van der Waals surface area contributed by atoms with Gasteiger partial charge in [-0.3, -0.25) is 4.79 Å². The van der Waals surface area contributed by atoms with Gasteiger partial charge in [-0.05, 0) is 62.9 Å². The van der Waals surface area contributed by atoms with Crippen LogP contribution in [0.25, 0.3) is 0 Å². The topological polar surface area (TPSA) is 67.8 Å². The minimum absolute atomic E-state index is 0.0219. The number of carbonyl (C=O) groups is 1. The Bertz CT molecular complexity index is 878. The maximum absolute atomic E-state index is 13.0. The molecule has 1 aliphatic carbocycles. The summed E-state index contributed by atoms with van der Waals surface area (Å²) in [5, 5.41) is 8.79. The van der Waals surface area contributed by atoms with E-state index >= 15 is 0 Å². The molecule has 154 valence electrons. The van der Waals surface area contributed by atoms with Crippen molar-refractivity contribution in [1.82, 2.24) is 15.1 Å². The Labute approximate surface area is 171 Å². The monoisotopic (exact) mass is 396 g/mol. The fourth-order valence-electron chi connectivity index (χ4n) is 3.98. The Morgan fingerprint density at radius 3 is 2.48 bits per heavy atom. The zero-order chi connectivity index (χ0) is 20.2. The number of hydrogen-bond donors (Lipinski definition) is 0. The highest BCUT2D eigenvalue weighted by Gasteiger charge is 2.25. The number of nitrogens with zero attached hydrogens (tertiary/aromatic N) is 4. The summed E-state index contributed by atoms with van der Waals surface area (Å²) in [6.45, 7) is 7.77. The lowest BCUT2D eigenvalue weighted by atomic mass is 10.1. The standard InChI is InChI=1S/C22H28N4O3/c1-3-28-19-9-8-17(14-20(19)29-4-2)22(27)26-12-10-25(11-13-26)21-15-16-6-5-7-18(16)23-24-21/h8-9,14-15H,3-7,10-13H2,1-2H3. The molecule has 0 bridgehead atoms. The summed E-state index contributed by atoms with van der Waals surface area (Å²) in [6, 6.07) is 7.59. The summed E-state index contributed by atoms with van der Waals surface area (Å²) in [6.07, 6.45) is 3.30. The second-order valence-electron chi connectivity index (χ2n) is 7.33. The fourth-order valence-corrected chi connectivity index (χ4v) is 3.98. The van der Waals surface area contributed by atoms with Gasteiger partial charge >= 0.3 is 0 Å². The molecular formula is C22H28N4O3. The van der Waals surface area contributed by atoms with Crippen molar-refractivity contribution >= 4 is 11.7 Å². The molecule has 1 aromatic carbocycles. The average Bonchev–Trinajstić information content (AvgIpc) is 3.23. The van der Waals surface area contributed by atoms with E-state index in [0.29, 0.717) is 43.4 Å². The van der Waals surface area contributed by atoms with Crippen LogP contribution in [0, 0.1) is 0 Å². The highest BCUT2D eigenvalue weighted by Crippen LogP contribution is 2.29. The van der Waals surface area contributed by atoms with E-state index in [0.717, 1.165) is 37.4 Å². The molecule has 4 rings (SSSR count). The van der Waals surface area contributed by atoms with Gasteiger partial charge in [0.2, 0.25) is 0 Å². The van der Waals surface area contributed by atoms with Crippen molar-refractivity contribution in [3.63, 3.8) is 0 Å². The van der Waals surface area contributed by atoms with Gasteiger partial charge in [-0.2, -0.15) is 5.10 Å². The summed E-state index contributed by atoms with van der Waals surface area (Å²) in [5.74, 6) is 2.24. The number of aryl methyl sites for hydroxylation is 2. The molecule has 7 nitrogen and oxygen atoms in total. The van der Waals surface area contributed by atoms with E-state index in [1.165, 1.54) is 12.0 Å². The second kappa shape index (κ2) is 8.68. The van der Waals surface area contributed by atoms with Gasteiger partial charge in [0.1, 0.15) is 0 Å². The molecule has 0 spiro atoms. The molecular weight excluding hydrogens is 368 g/mol. The van der Waals surface area contributed by atoms with Crippen LogP contribution in [0.4, 0.5) is 5.82 Å². The molecule has 1 amide bonds. The van der Waals surface area contributed by atoms with E-state index in [2.05, 4.69) is 21.2 Å². The number of carbonyl (C=O) groups excluding carboxylic acids is 1. The smallest absolute Gasteiger partial charge is 0.254 e. The van der Waals surface area contributed by atoms with E-state index in [9.17, 15) is 4.79 Å². The van der Waals surface area contributed by atoms with Gasteiger partial charge < -0.3 is 19.3 Å². The van der Waals surface area contributed by atoms with Crippen LogP contribution in [0.2, 0.25) is 0 Å². The first-order valence-corrected chi connectivity index (χ1v) is 10.5. The molecule has 2 aromatic rings. The Balaban J connectivity index is 1.41. The zero-order valence-electron chi connectivity index (χ0n) is 17.2. The number of aromatic nitrogens is 2. The Morgan fingerprint density at radius 2 is 1.72 bits per heavy atom. The summed E-state index contributed by atoms with van der Waals surface area (Å²) < 4.78 is 11.3. The first-order chi connectivity index (χ1) is 14.2. The van der Waals surface area contributed by atoms with Gasteiger partial charge in [-0.25, -0.2) is 0 Å². The highest BCUT2D eigenvalue weighted by molar-refractivity contribution is 5.95. The van der Waals surface area contributed by atoms with E-state index < -0.39 is 0 Å². The quantitative estimate of drug-likeness (QED) is 0.748. The van der Waals surface area contributed by atoms with Crippen LogP contribution in [0.5, 0.6) is 11.5 Å². The number of amides is 1.